The quantitative estimate of drug-likeness (QED) is 0.541. The lowest BCUT2D eigenvalue weighted by Crippen LogP contribution is -2.10. The summed E-state index contributed by atoms with van der Waals surface area (Å²) < 4.78 is 1.84. The molecular weight excluding hydrogens is 346 g/mol. The third kappa shape index (κ3) is 3.06. The summed E-state index contributed by atoms with van der Waals surface area (Å²) in [7, 11) is 0. The summed E-state index contributed by atoms with van der Waals surface area (Å²) in [6.07, 6.45) is 0. The second-order valence-electron chi connectivity index (χ2n) is 4.00. The molecule has 1 N–H and O–H groups in total. The number of rotatable bonds is 4. The smallest absolute Gasteiger partial charge is 0.269 e. The van der Waals surface area contributed by atoms with Crippen LogP contribution in [-0.2, 0) is 0 Å². The number of nitrogens with zero attached hydrogens (tertiary/aromatic N) is 2. The molecule has 1 amide bonds. The van der Waals surface area contributed by atoms with Crippen molar-refractivity contribution in [2.24, 2.45) is 0 Å². The highest BCUT2D eigenvalue weighted by molar-refractivity contribution is 8.01. The van der Waals surface area contributed by atoms with Crippen molar-refractivity contribution in [3.05, 3.63) is 34.2 Å². The Morgan fingerprint density at radius 3 is 2.90 bits per heavy atom. The van der Waals surface area contributed by atoms with Gasteiger partial charge in [-0.15, -0.1) is 21.5 Å². The Morgan fingerprint density at radius 2 is 2.14 bits per heavy atom. The fourth-order valence-corrected chi connectivity index (χ4v) is 4.81. The number of nitrogens with one attached hydrogen (secondary N) is 1. The number of benzene rings is 1. The van der Waals surface area contributed by atoms with E-state index in [9.17, 15) is 4.79 Å². The van der Waals surface area contributed by atoms with Gasteiger partial charge in [0.05, 0.1) is 5.02 Å². The summed E-state index contributed by atoms with van der Waals surface area (Å²) in [5.41, 5.74) is 0. The summed E-state index contributed by atoms with van der Waals surface area (Å²) in [5.74, 6) is 0.676. The molecule has 21 heavy (non-hydrogen) atoms. The zero-order valence-corrected chi connectivity index (χ0v) is 14.1. The lowest BCUT2D eigenvalue weighted by molar-refractivity contribution is 0.103. The van der Waals surface area contributed by atoms with E-state index >= 15 is 0 Å². The third-order valence-electron chi connectivity index (χ3n) is 2.64. The number of anilines is 1. The molecule has 0 bridgehead atoms. The van der Waals surface area contributed by atoms with Crippen LogP contribution < -0.4 is 5.32 Å². The van der Waals surface area contributed by atoms with Crippen LogP contribution in [0.15, 0.2) is 28.6 Å². The van der Waals surface area contributed by atoms with Gasteiger partial charge in [-0.1, -0.05) is 59.8 Å². The van der Waals surface area contributed by atoms with Crippen LogP contribution in [0.2, 0.25) is 5.02 Å². The number of hydrogen-bond acceptors (Lipinski definition) is 6. The molecule has 0 unspecified atom stereocenters. The molecule has 0 spiro atoms. The highest BCUT2D eigenvalue weighted by Gasteiger charge is 2.18. The number of carbonyl (C=O) groups excluding carboxylic acids is 1. The molecule has 0 saturated carbocycles. The summed E-state index contributed by atoms with van der Waals surface area (Å²) in [6.45, 7) is 2.04. The Balaban J connectivity index is 1.84. The van der Waals surface area contributed by atoms with E-state index in [1.807, 2.05) is 31.2 Å². The second-order valence-corrected chi connectivity index (χ2v) is 7.92. The zero-order valence-electron chi connectivity index (χ0n) is 10.9. The first-order chi connectivity index (χ1) is 10.2. The Morgan fingerprint density at radius 1 is 1.33 bits per heavy atom. The lowest BCUT2D eigenvalue weighted by atomic mass is 10.2. The molecule has 3 rings (SSSR count). The number of hydrogen-bond donors (Lipinski definition) is 1. The minimum Gasteiger partial charge on any atom is -0.296 e. The largest absolute Gasteiger partial charge is 0.296 e. The van der Waals surface area contributed by atoms with E-state index in [1.54, 1.807) is 11.8 Å². The van der Waals surface area contributed by atoms with Gasteiger partial charge >= 0.3 is 0 Å². The van der Waals surface area contributed by atoms with Gasteiger partial charge in [0.15, 0.2) is 4.34 Å². The molecule has 8 heteroatoms. The number of halogens is 1. The average Bonchev–Trinajstić information content (AvgIpc) is 3.05. The molecule has 0 aliphatic rings. The number of fused-ring (bicyclic) bond motifs is 1. The third-order valence-corrected chi connectivity index (χ3v) is 6.16. The SMILES string of the molecule is CCSc1nnc(NC(=O)c2sc3ccccc3c2Cl)s1. The molecule has 0 aliphatic heterocycles. The highest BCUT2D eigenvalue weighted by atomic mass is 35.5. The van der Waals surface area contributed by atoms with E-state index in [0.717, 1.165) is 20.2 Å². The Hall–Kier alpha value is -1.15. The van der Waals surface area contributed by atoms with Gasteiger partial charge in [0.25, 0.3) is 5.91 Å². The van der Waals surface area contributed by atoms with Gasteiger partial charge in [-0.2, -0.15) is 0 Å². The molecule has 3 aromatic rings. The molecule has 0 radical (unpaired) electrons. The molecule has 0 saturated heterocycles. The molecule has 1 aromatic carbocycles. The van der Waals surface area contributed by atoms with Gasteiger partial charge in [-0.25, -0.2) is 0 Å². The first kappa shape index (κ1) is 14.8. The molecular formula is C13H10ClN3OS3. The van der Waals surface area contributed by atoms with E-state index in [4.69, 9.17) is 11.6 Å². The van der Waals surface area contributed by atoms with Gasteiger partial charge in [0.1, 0.15) is 4.88 Å². The Kier molecular flexibility index (Phi) is 4.44. The summed E-state index contributed by atoms with van der Waals surface area (Å²) in [5, 5.41) is 12.6. The van der Waals surface area contributed by atoms with Crippen molar-refractivity contribution >= 4 is 67.2 Å². The summed E-state index contributed by atoms with van der Waals surface area (Å²) in [6, 6.07) is 7.69. The number of amides is 1. The van der Waals surface area contributed by atoms with Crippen LogP contribution in [0.25, 0.3) is 10.1 Å². The first-order valence-corrected chi connectivity index (χ1v) is 9.13. The van der Waals surface area contributed by atoms with Crippen molar-refractivity contribution in [2.45, 2.75) is 11.3 Å². The zero-order chi connectivity index (χ0) is 14.8. The summed E-state index contributed by atoms with van der Waals surface area (Å²) in [4.78, 5) is 12.8. The van der Waals surface area contributed by atoms with Gasteiger partial charge in [-0.3, -0.25) is 10.1 Å². The molecule has 0 aliphatic carbocycles. The molecule has 2 aromatic heterocycles. The fraction of sp³-hybridized carbons (Fsp3) is 0.154. The van der Waals surface area contributed by atoms with Crippen LogP contribution in [0.5, 0.6) is 0 Å². The van der Waals surface area contributed by atoms with Crippen molar-refractivity contribution < 1.29 is 4.79 Å². The van der Waals surface area contributed by atoms with Crippen LogP contribution in [0.1, 0.15) is 16.6 Å². The average molecular weight is 356 g/mol. The molecule has 0 fully saturated rings. The van der Waals surface area contributed by atoms with Crippen molar-refractivity contribution in [1.82, 2.24) is 10.2 Å². The van der Waals surface area contributed by atoms with Crippen LogP contribution in [0, 0.1) is 0 Å². The Bertz CT molecular complexity index is 799. The van der Waals surface area contributed by atoms with Crippen molar-refractivity contribution in [1.29, 1.82) is 0 Å². The lowest BCUT2D eigenvalue weighted by Gasteiger charge is -1.98. The molecule has 0 atom stereocenters. The topological polar surface area (TPSA) is 54.9 Å². The van der Waals surface area contributed by atoms with E-state index < -0.39 is 0 Å². The predicted molar refractivity (Wildman–Crippen MR) is 91.1 cm³/mol. The minimum atomic E-state index is -0.245. The number of thiophene rings is 1. The number of thioether (sulfide) groups is 1. The monoisotopic (exact) mass is 355 g/mol. The van der Waals surface area contributed by atoms with Crippen LogP contribution in [-0.4, -0.2) is 21.9 Å². The normalized spacial score (nSPS) is 11.0. The van der Waals surface area contributed by atoms with E-state index in [-0.39, 0.29) is 5.91 Å². The van der Waals surface area contributed by atoms with E-state index in [2.05, 4.69) is 15.5 Å². The van der Waals surface area contributed by atoms with E-state index in [1.165, 1.54) is 22.7 Å². The molecule has 108 valence electrons. The summed E-state index contributed by atoms with van der Waals surface area (Å²) >= 11 is 10.6. The fourth-order valence-electron chi connectivity index (χ4n) is 1.76. The van der Waals surface area contributed by atoms with Crippen LogP contribution in [0.3, 0.4) is 0 Å². The van der Waals surface area contributed by atoms with Gasteiger partial charge in [0.2, 0.25) is 5.13 Å². The maximum absolute atomic E-state index is 12.3. The van der Waals surface area contributed by atoms with Gasteiger partial charge in [-0.05, 0) is 11.8 Å². The highest BCUT2D eigenvalue weighted by Crippen LogP contribution is 2.35. The number of carbonyl (C=O) groups is 1. The minimum absolute atomic E-state index is 0.245. The second kappa shape index (κ2) is 6.31. The van der Waals surface area contributed by atoms with Crippen LogP contribution >= 0.6 is 46.0 Å². The maximum atomic E-state index is 12.3. The van der Waals surface area contributed by atoms with Gasteiger partial charge in [0, 0.05) is 10.1 Å². The predicted octanol–water partition coefficient (Wildman–Crippen LogP) is 4.77. The van der Waals surface area contributed by atoms with Crippen molar-refractivity contribution in [3.8, 4) is 0 Å². The molecule has 2 heterocycles. The van der Waals surface area contributed by atoms with Crippen molar-refractivity contribution in [2.75, 3.05) is 11.1 Å². The van der Waals surface area contributed by atoms with Gasteiger partial charge < -0.3 is 0 Å². The van der Waals surface area contributed by atoms with E-state index in [0.29, 0.717) is 15.0 Å². The maximum Gasteiger partial charge on any atom is 0.269 e. The Labute approximate surface area is 138 Å². The van der Waals surface area contributed by atoms with Crippen LogP contribution in [0.4, 0.5) is 5.13 Å². The number of aromatic nitrogens is 2. The molecule has 4 nitrogen and oxygen atoms in total. The first-order valence-electron chi connectivity index (χ1n) is 6.13. The van der Waals surface area contributed by atoms with Crippen molar-refractivity contribution in [3.63, 3.8) is 0 Å². The standard InChI is InChI=1S/C13H10ClN3OS3/c1-2-19-13-17-16-12(21-13)15-11(18)10-9(14)7-5-3-4-6-8(7)20-10/h3-6H,2H2,1H3,(H,15,16,18).